The molecule has 0 unspecified atom stereocenters. The number of rotatable bonds is 4. The Morgan fingerprint density at radius 3 is 2.80 bits per heavy atom. The summed E-state index contributed by atoms with van der Waals surface area (Å²) in [5.41, 5.74) is 0.943. The fourth-order valence-corrected chi connectivity index (χ4v) is 4.67. The highest BCUT2D eigenvalue weighted by atomic mass is 32.2. The van der Waals surface area contributed by atoms with Gasteiger partial charge < -0.3 is 9.80 Å². The summed E-state index contributed by atoms with van der Waals surface area (Å²) in [6.45, 7) is 3.09. The number of anilines is 1. The number of fused-ring (bicyclic) bond motifs is 1. The van der Waals surface area contributed by atoms with Crippen molar-refractivity contribution < 1.29 is 4.79 Å². The largest absolute Gasteiger partial charge is 0.353 e. The molecule has 3 aromatic rings. The Morgan fingerprint density at radius 1 is 1.12 bits per heavy atom. The van der Waals surface area contributed by atoms with Gasteiger partial charge in [-0.2, -0.15) is 0 Å². The maximum absolute atomic E-state index is 12.5. The fraction of sp³-hybridized carbons (Fsp3) is 0.294. The van der Waals surface area contributed by atoms with Crippen LogP contribution in [0.25, 0.3) is 10.2 Å². The van der Waals surface area contributed by atoms with Crippen LogP contribution in [0.3, 0.4) is 0 Å². The van der Waals surface area contributed by atoms with Crippen LogP contribution in [0.15, 0.2) is 47.2 Å². The first-order valence-electron chi connectivity index (χ1n) is 8.06. The molecule has 3 aromatic heterocycles. The molecule has 0 aromatic carbocycles. The molecule has 1 aliphatic rings. The van der Waals surface area contributed by atoms with E-state index in [1.807, 2.05) is 34.5 Å². The van der Waals surface area contributed by atoms with E-state index in [0.717, 1.165) is 47.2 Å². The maximum atomic E-state index is 12.5. The Bertz CT molecular complexity index is 862. The van der Waals surface area contributed by atoms with Crippen LogP contribution < -0.4 is 4.90 Å². The predicted octanol–water partition coefficient (Wildman–Crippen LogP) is 2.53. The van der Waals surface area contributed by atoms with Gasteiger partial charge in [-0.1, -0.05) is 17.8 Å². The van der Waals surface area contributed by atoms with Gasteiger partial charge in [-0.15, -0.1) is 11.3 Å². The molecule has 4 rings (SSSR count). The Balaban J connectivity index is 1.33. The minimum atomic E-state index is 0.161. The first-order valence-corrected chi connectivity index (χ1v) is 9.92. The molecule has 0 atom stereocenters. The number of carbonyl (C=O) groups excluding carboxylic acids is 1. The Morgan fingerprint density at radius 2 is 2.00 bits per heavy atom. The molecule has 0 spiro atoms. The zero-order chi connectivity index (χ0) is 17.1. The first-order chi connectivity index (χ1) is 12.3. The minimum absolute atomic E-state index is 0.161. The van der Waals surface area contributed by atoms with Gasteiger partial charge in [-0.05, 0) is 23.6 Å². The van der Waals surface area contributed by atoms with E-state index in [4.69, 9.17) is 0 Å². The van der Waals surface area contributed by atoms with E-state index in [2.05, 4.69) is 19.9 Å². The lowest BCUT2D eigenvalue weighted by molar-refractivity contribution is -0.128. The number of nitrogens with zero attached hydrogens (tertiary/aromatic N) is 5. The molecule has 1 fully saturated rings. The number of pyridine rings is 1. The number of thioether (sulfide) groups is 1. The van der Waals surface area contributed by atoms with Gasteiger partial charge in [0.1, 0.15) is 17.2 Å². The van der Waals surface area contributed by atoms with Crippen molar-refractivity contribution in [2.45, 2.75) is 5.03 Å². The summed E-state index contributed by atoms with van der Waals surface area (Å²) in [5, 5.41) is 2.89. The molecule has 128 valence electrons. The molecule has 1 saturated heterocycles. The molecule has 0 saturated carbocycles. The van der Waals surface area contributed by atoms with Crippen LogP contribution in [0, 0.1) is 0 Å². The van der Waals surface area contributed by atoms with Crippen LogP contribution in [0.1, 0.15) is 0 Å². The van der Waals surface area contributed by atoms with Gasteiger partial charge in [-0.25, -0.2) is 15.0 Å². The van der Waals surface area contributed by atoms with E-state index in [1.54, 1.807) is 23.9 Å². The van der Waals surface area contributed by atoms with Crippen LogP contribution in [-0.2, 0) is 4.79 Å². The smallest absolute Gasteiger partial charge is 0.233 e. The van der Waals surface area contributed by atoms with Crippen LogP contribution >= 0.6 is 23.1 Å². The number of aromatic nitrogens is 3. The molecule has 25 heavy (non-hydrogen) atoms. The van der Waals surface area contributed by atoms with Gasteiger partial charge in [0.2, 0.25) is 5.91 Å². The Kier molecular flexibility index (Phi) is 4.80. The normalized spacial score (nSPS) is 14.9. The summed E-state index contributed by atoms with van der Waals surface area (Å²) in [4.78, 5) is 29.6. The van der Waals surface area contributed by atoms with Crippen molar-refractivity contribution in [3.05, 3.63) is 42.2 Å². The van der Waals surface area contributed by atoms with Crippen LogP contribution in [0.5, 0.6) is 0 Å². The Hall–Kier alpha value is -2.19. The average Bonchev–Trinajstić information content (AvgIpc) is 3.16. The van der Waals surface area contributed by atoms with Crippen molar-refractivity contribution in [2.24, 2.45) is 0 Å². The van der Waals surface area contributed by atoms with E-state index in [9.17, 15) is 4.79 Å². The maximum Gasteiger partial charge on any atom is 0.233 e. The molecule has 0 aliphatic carbocycles. The monoisotopic (exact) mass is 371 g/mol. The van der Waals surface area contributed by atoms with Crippen molar-refractivity contribution in [1.29, 1.82) is 0 Å². The van der Waals surface area contributed by atoms with Gasteiger partial charge in [0.25, 0.3) is 0 Å². The van der Waals surface area contributed by atoms with Gasteiger partial charge in [-0.3, -0.25) is 4.79 Å². The van der Waals surface area contributed by atoms with Crippen molar-refractivity contribution in [3.63, 3.8) is 0 Å². The van der Waals surface area contributed by atoms with Crippen molar-refractivity contribution in [2.75, 3.05) is 36.8 Å². The molecule has 6 nitrogen and oxygen atoms in total. The van der Waals surface area contributed by atoms with Gasteiger partial charge in [0.05, 0.1) is 16.0 Å². The number of amides is 1. The predicted molar refractivity (Wildman–Crippen MR) is 101 cm³/mol. The topological polar surface area (TPSA) is 62.2 Å². The standard InChI is InChI=1S/C17H17N5OS2/c23-15(11-25-17-16-13(4-10-24-16)19-12-20-17)22-8-6-21(7-9-22)14-3-1-2-5-18-14/h1-5,10,12H,6-9,11H2. The van der Waals surface area contributed by atoms with Crippen molar-refractivity contribution in [3.8, 4) is 0 Å². The summed E-state index contributed by atoms with van der Waals surface area (Å²) in [5.74, 6) is 1.55. The van der Waals surface area contributed by atoms with E-state index in [1.165, 1.54) is 11.8 Å². The van der Waals surface area contributed by atoms with E-state index >= 15 is 0 Å². The number of carbonyl (C=O) groups is 1. The van der Waals surface area contributed by atoms with E-state index in [0.29, 0.717) is 5.75 Å². The number of hydrogen-bond acceptors (Lipinski definition) is 7. The summed E-state index contributed by atoms with van der Waals surface area (Å²) in [6.07, 6.45) is 3.37. The molecule has 4 heterocycles. The zero-order valence-electron chi connectivity index (χ0n) is 13.5. The molecular formula is C17H17N5OS2. The second-order valence-electron chi connectivity index (χ2n) is 5.66. The highest BCUT2D eigenvalue weighted by Crippen LogP contribution is 2.28. The molecule has 1 aliphatic heterocycles. The third-order valence-corrected chi connectivity index (χ3v) is 6.16. The Labute approximate surface area is 153 Å². The van der Waals surface area contributed by atoms with E-state index in [-0.39, 0.29) is 5.91 Å². The van der Waals surface area contributed by atoms with Gasteiger partial charge in [0, 0.05) is 32.4 Å². The number of thiophene rings is 1. The summed E-state index contributed by atoms with van der Waals surface area (Å²) >= 11 is 3.11. The SMILES string of the molecule is O=C(CSc1ncnc2ccsc12)N1CCN(c2ccccn2)CC1. The average molecular weight is 371 g/mol. The zero-order valence-corrected chi connectivity index (χ0v) is 15.2. The summed E-state index contributed by atoms with van der Waals surface area (Å²) in [7, 11) is 0. The van der Waals surface area contributed by atoms with Gasteiger partial charge >= 0.3 is 0 Å². The van der Waals surface area contributed by atoms with Crippen molar-refractivity contribution in [1.82, 2.24) is 19.9 Å². The fourth-order valence-electron chi connectivity index (χ4n) is 2.82. The number of piperazine rings is 1. The molecule has 0 N–H and O–H groups in total. The molecule has 0 radical (unpaired) electrons. The lowest BCUT2D eigenvalue weighted by Gasteiger charge is -2.35. The second kappa shape index (κ2) is 7.37. The highest BCUT2D eigenvalue weighted by Gasteiger charge is 2.22. The lowest BCUT2D eigenvalue weighted by Crippen LogP contribution is -2.49. The van der Waals surface area contributed by atoms with E-state index < -0.39 is 0 Å². The quantitative estimate of drug-likeness (QED) is 0.519. The molecule has 1 amide bonds. The lowest BCUT2D eigenvalue weighted by atomic mass is 10.3. The summed E-state index contributed by atoms with van der Waals surface area (Å²) in [6, 6.07) is 7.89. The third kappa shape index (κ3) is 3.59. The van der Waals surface area contributed by atoms with Crippen LogP contribution in [0.2, 0.25) is 0 Å². The minimum Gasteiger partial charge on any atom is -0.353 e. The van der Waals surface area contributed by atoms with Gasteiger partial charge in [0.15, 0.2) is 0 Å². The summed E-state index contributed by atoms with van der Waals surface area (Å²) < 4.78 is 1.06. The molecule has 8 heteroatoms. The van der Waals surface area contributed by atoms with Crippen LogP contribution in [-0.4, -0.2) is 57.7 Å². The molecule has 0 bridgehead atoms. The van der Waals surface area contributed by atoms with Crippen LogP contribution in [0.4, 0.5) is 5.82 Å². The van der Waals surface area contributed by atoms with Crippen molar-refractivity contribution >= 4 is 45.0 Å². The number of hydrogen-bond donors (Lipinski definition) is 0. The first kappa shape index (κ1) is 16.3. The highest BCUT2D eigenvalue weighted by molar-refractivity contribution is 8.00. The second-order valence-corrected chi connectivity index (χ2v) is 7.54. The molecular weight excluding hydrogens is 354 g/mol. The third-order valence-electron chi connectivity index (χ3n) is 4.15.